The third-order valence-electron chi connectivity index (χ3n) is 2.66. The number of amides is 1. The first-order valence-corrected chi connectivity index (χ1v) is 6.96. The predicted octanol–water partition coefficient (Wildman–Crippen LogP) is 2.58. The topological polar surface area (TPSA) is 42.0 Å². The normalized spacial score (nSPS) is 26.2. The van der Waals surface area contributed by atoms with Crippen molar-refractivity contribution in [2.45, 2.75) is 36.6 Å². The maximum Gasteiger partial charge on any atom is 0.271 e. The molecule has 2 atom stereocenters. The molecule has 0 aliphatic heterocycles. The van der Waals surface area contributed by atoms with Gasteiger partial charge in [0.1, 0.15) is 5.69 Å². The lowest BCUT2D eigenvalue weighted by molar-refractivity contribution is 0.0925. The molecule has 1 amide bonds. The van der Waals surface area contributed by atoms with Crippen LogP contribution in [0.15, 0.2) is 10.9 Å². The molecule has 5 heteroatoms. The number of alkyl halides is 1. The van der Waals surface area contributed by atoms with E-state index in [4.69, 9.17) is 0 Å². The van der Waals surface area contributed by atoms with Gasteiger partial charge in [0, 0.05) is 16.2 Å². The molecule has 1 fully saturated rings. The van der Waals surface area contributed by atoms with Gasteiger partial charge in [-0.15, -0.1) is 11.3 Å². The van der Waals surface area contributed by atoms with Crippen molar-refractivity contribution in [3.63, 3.8) is 0 Å². The fourth-order valence-corrected chi connectivity index (χ4v) is 3.07. The summed E-state index contributed by atoms with van der Waals surface area (Å²) >= 11 is 5.06. The van der Waals surface area contributed by atoms with Crippen LogP contribution in [0.5, 0.6) is 0 Å². The smallest absolute Gasteiger partial charge is 0.271 e. The molecule has 2 rings (SSSR count). The van der Waals surface area contributed by atoms with E-state index in [1.54, 1.807) is 10.9 Å². The van der Waals surface area contributed by atoms with Gasteiger partial charge in [0.15, 0.2) is 0 Å². The summed E-state index contributed by atoms with van der Waals surface area (Å²) in [5, 5.41) is 4.81. The highest BCUT2D eigenvalue weighted by molar-refractivity contribution is 9.09. The molecule has 2 unspecified atom stereocenters. The van der Waals surface area contributed by atoms with Gasteiger partial charge >= 0.3 is 0 Å². The predicted molar refractivity (Wildman–Crippen MR) is 64.6 cm³/mol. The Bertz CT molecular complexity index is 328. The molecule has 0 spiro atoms. The third kappa shape index (κ3) is 2.78. The van der Waals surface area contributed by atoms with Crippen LogP contribution in [0.2, 0.25) is 0 Å². The Kier molecular flexibility index (Phi) is 3.75. The Balaban J connectivity index is 1.93. The molecule has 1 heterocycles. The molecule has 1 aromatic rings. The van der Waals surface area contributed by atoms with Crippen molar-refractivity contribution in [2.75, 3.05) is 0 Å². The van der Waals surface area contributed by atoms with Crippen LogP contribution in [-0.2, 0) is 0 Å². The second-order valence-electron chi connectivity index (χ2n) is 3.75. The highest BCUT2D eigenvalue weighted by Gasteiger charge is 2.24. The van der Waals surface area contributed by atoms with Crippen molar-refractivity contribution in [1.82, 2.24) is 10.3 Å². The first-order valence-electron chi connectivity index (χ1n) is 5.10. The van der Waals surface area contributed by atoms with Crippen molar-refractivity contribution >= 4 is 33.2 Å². The summed E-state index contributed by atoms with van der Waals surface area (Å²) in [7, 11) is 0. The number of carbonyl (C=O) groups excluding carboxylic acids is 1. The van der Waals surface area contributed by atoms with Crippen LogP contribution < -0.4 is 5.32 Å². The lowest BCUT2D eigenvalue weighted by Gasteiger charge is -2.27. The minimum Gasteiger partial charge on any atom is -0.347 e. The average Bonchev–Trinajstić information content (AvgIpc) is 2.74. The quantitative estimate of drug-likeness (QED) is 0.850. The second kappa shape index (κ2) is 5.07. The molecule has 1 aliphatic rings. The Morgan fingerprint density at radius 1 is 1.53 bits per heavy atom. The van der Waals surface area contributed by atoms with Crippen LogP contribution in [0.3, 0.4) is 0 Å². The van der Waals surface area contributed by atoms with Crippen molar-refractivity contribution in [3.8, 4) is 0 Å². The minimum absolute atomic E-state index is 0.0485. The summed E-state index contributed by atoms with van der Waals surface area (Å²) in [6, 6.07) is 0.257. The van der Waals surface area contributed by atoms with Crippen molar-refractivity contribution in [2.24, 2.45) is 0 Å². The van der Waals surface area contributed by atoms with E-state index in [0.717, 1.165) is 12.8 Å². The van der Waals surface area contributed by atoms with Crippen molar-refractivity contribution in [3.05, 3.63) is 16.6 Å². The van der Waals surface area contributed by atoms with E-state index in [0.29, 0.717) is 10.5 Å². The zero-order valence-corrected chi connectivity index (χ0v) is 10.7. The maximum absolute atomic E-state index is 11.7. The first kappa shape index (κ1) is 11.1. The van der Waals surface area contributed by atoms with E-state index >= 15 is 0 Å². The molecule has 0 saturated heterocycles. The number of hydrogen-bond donors (Lipinski definition) is 1. The highest BCUT2D eigenvalue weighted by atomic mass is 79.9. The Labute approximate surface area is 101 Å². The summed E-state index contributed by atoms with van der Waals surface area (Å²) in [5.74, 6) is -0.0485. The van der Waals surface area contributed by atoms with Crippen molar-refractivity contribution < 1.29 is 4.79 Å². The number of aromatic nitrogens is 1. The summed E-state index contributed by atoms with van der Waals surface area (Å²) in [6.07, 6.45) is 4.65. The SMILES string of the molecule is O=C(NC1CCCCC1Br)c1cscn1. The number of nitrogens with zero attached hydrogens (tertiary/aromatic N) is 1. The number of hydrogen-bond acceptors (Lipinski definition) is 3. The van der Waals surface area contributed by atoms with Crippen LogP contribution in [0.4, 0.5) is 0 Å². The number of rotatable bonds is 2. The third-order valence-corrected chi connectivity index (χ3v) is 4.35. The van der Waals surface area contributed by atoms with E-state index in [9.17, 15) is 4.79 Å². The molecule has 1 aromatic heterocycles. The van der Waals surface area contributed by atoms with Crippen LogP contribution in [0.1, 0.15) is 36.2 Å². The molecule has 1 aliphatic carbocycles. The summed E-state index contributed by atoms with van der Waals surface area (Å²) in [4.78, 5) is 16.1. The van der Waals surface area contributed by atoms with Gasteiger partial charge in [0.2, 0.25) is 0 Å². The fraction of sp³-hybridized carbons (Fsp3) is 0.600. The van der Waals surface area contributed by atoms with E-state index in [2.05, 4.69) is 26.2 Å². The zero-order chi connectivity index (χ0) is 10.7. The molecule has 15 heavy (non-hydrogen) atoms. The van der Waals surface area contributed by atoms with E-state index in [1.807, 2.05) is 0 Å². The standard InChI is InChI=1S/C10H13BrN2OS/c11-7-3-1-2-4-8(7)13-10(14)9-5-15-6-12-9/h5-8H,1-4H2,(H,13,14). The maximum atomic E-state index is 11.7. The van der Waals surface area contributed by atoms with Gasteiger partial charge in [0.05, 0.1) is 5.51 Å². The first-order chi connectivity index (χ1) is 7.27. The second-order valence-corrected chi connectivity index (χ2v) is 5.65. The van der Waals surface area contributed by atoms with Gasteiger partial charge in [-0.1, -0.05) is 28.8 Å². The largest absolute Gasteiger partial charge is 0.347 e. The molecule has 3 nitrogen and oxygen atoms in total. The molecular formula is C10H13BrN2OS. The number of halogens is 1. The molecular weight excluding hydrogens is 276 g/mol. The van der Waals surface area contributed by atoms with Gasteiger partial charge in [-0.05, 0) is 12.8 Å². The average molecular weight is 289 g/mol. The molecule has 0 bridgehead atoms. The van der Waals surface area contributed by atoms with Crippen LogP contribution in [-0.4, -0.2) is 21.8 Å². The molecule has 82 valence electrons. The van der Waals surface area contributed by atoms with E-state index < -0.39 is 0 Å². The highest BCUT2D eigenvalue weighted by Crippen LogP contribution is 2.24. The van der Waals surface area contributed by atoms with Gasteiger partial charge in [-0.25, -0.2) is 4.98 Å². The summed E-state index contributed by atoms with van der Waals surface area (Å²) in [5.41, 5.74) is 2.21. The lowest BCUT2D eigenvalue weighted by atomic mass is 9.95. The molecule has 1 saturated carbocycles. The number of carbonyl (C=O) groups is 1. The number of thiazole rings is 1. The molecule has 0 aromatic carbocycles. The van der Waals surface area contributed by atoms with Gasteiger partial charge in [-0.2, -0.15) is 0 Å². The molecule has 1 N–H and O–H groups in total. The minimum atomic E-state index is -0.0485. The lowest BCUT2D eigenvalue weighted by Crippen LogP contribution is -2.42. The van der Waals surface area contributed by atoms with Gasteiger partial charge < -0.3 is 5.32 Å². The Hall–Kier alpha value is -0.420. The van der Waals surface area contributed by atoms with E-state index in [-0.39, 0.29) is 11.9 Å². The monoisotopic (exact) mass is 288 g/mol. The zero-order valence-electron chi connectivity index (χ0n) is 8.28. The Morgan fingerprint density at radius 2 is 2.33 bits per heavy atom. The van der Waals surface area contributed by atoms with Gasteiger partial charge in [-0.3, -0.25) is 4.79 Å². The Morgan fingerprint density at radius 3 is 3.00 bits per heavy atom. The summed E-state index contributed by atoms with van der Waals surface area (Å²) in [6.45, 7) is 0. The van der Waals surface area contributed by atoms with Crippen LogP contribution >= 0.6 is 27.3 Å². The summed E-state index contributed by atoms with van der Waals surface area (Å²) < 4.78 is 0. The van der Waals surface area contributed by atoms with Gasteiger partial charge in [0.25, 0.3) is 5.91 Å². The van der Waals surface area contributed by atoms with Crippen LogP contribution in [0, 0.1) is 0 Å². The fourth-order valence-electron chi connectivity index (χ4n) is 1.82. The van der Waals surface area contributed by atoms with Crippen molar-refractivity contribution in [1.29, 1.82) is 0 Å². The molecule has 0 radical (unpaired) electrons. The van der Waals surface area contributed by atoms with E-state index in [1.165, 1.54) is 24.2 Å². The number of nitrogens with one attached hydrogen (secondary N) is 1. The van der Waals surface area contributed by atoms with Crippen LogP contribution in [0.25, 0.3) is 0 Å².